The lowest BCUT2D eigenvalue weighted by molar-refractivity contribution is -0.149. The highest BCUT2D eigenvalue weighted by Crippen LogP contribution is 2.14. The summed E-state index contributed by atoms with van der Waals surface area (Å²) in [6.07, 6.45) is 0. The van der Waals surface area contributed by atoms with E-state index in [2.05, 4.69) is 10.6 Å². The van der Waals surface area contributed by atoms with Crippen molar-refractivity contribution >= 4 is 35.4 Å². The monoisotopic (exact) mass is 383 g/mol. The van der Waals surface area contributed by atoms with E-state index in [-0.39, 0.29) is 16.5 Å². The summed E-state index contributed by atoms with van der Waals surface area (Å²) in [6.45, 7) is 4.99. The van der Waals surface area contributed by atoms with Gasteiger partial charge in [-0.15, -0.1) is 0 Å². The Morgan fingerprint density at radius 3 is 2.38 bits per heavy atom. The third kappa shape index (κ3) is 7.52. The van der Waals surface area contributed by atoms with Crippen LogP contribution in [0.3, 0.4) is 0 Å². The Morgan fingerprint density at radius 1 is 1.12 bits per heavy atom. The number of ether oxygens (including phenoxy) is 1. The van der Waals surface area contributed by atoms with E-state index in [1.165, 1.54) is 13.0 Å². The molecule has 1 rings (SSSR count). The van der Waals surface area contributed by atoms with Crippen molar-refractivity contribution < 1.29 is 23.9 Å². The van der Waals surface area contributed by atoms with E-state index in [9.17, 15) is 19.2 Å². The Bertz CT molecular complexity index is 678. The Labute approximate surface area is 156 Å². The fourth-order valence-corrected chi connectivity index (χ4v) is 1.97. The van der Waals surface area contributed by atoms with Crippen LogP contribution in [0.1, 0.15) is 31.1 Å². The second-order valence-electron chi connectivity index (χ2n) is 5.93. The average molecular weight is 384 g/mol. The molecule has 0 saturated carbocycles. The van der Waals surface area contributed by atoms with Gasteiger partial charge in [-0.05, 0) is 25.0 Å². The Morgan fingerprint density at radius 2 is 1.77 bits per heavy atom. The van der Waals surface area contributed by atoms with Crippen LogP contribution in [0.2, 0.25) is 5.02 Å². The van der Waals surface area contributed by atoms with Crippen molar-refractivity contribution in [2.75, 3.05) is 13.2 Å². The lowest BCUT2D eigenvalue weighted by atomic mass is 10.2. The molecule has 0 aliphatic heterocycles. The van der Waals surface area contributed by atoms with E-state index in [0.29, 0.717) is 6.54 Å². The zero-order valence-corrected chi connectivity index (χ0v) is 15.6. The number of carbonyl (C=O) groups is 4. The molecule has 9 heteroatoms. The van der Waals surface area contributed by atoms with Gasteiger partial charge in [-0.25, -0.2) is 9.59 Å². The molecule has 0 aliphatic rings. The third-order valence-electron chi connectivity index (χ3n) is 3.09. The highest BCUT2D eigenvalue weighted by molar-refractivity contribution is 6.33. The van der Waals surface area contributed by atoms with Gasteiger partial charge in [0.05, 0.1) is 10.6 Å². The average Bonchev–Trinajstić information content (AvgIpc) is 2.58. The van der Waals surface area contributed by atoms with Crippen molar-refractivity contribution in [3.63, 3.8) is 0 Å². The second-order valence-corrected chi connectivity index (χ2v) is 6.34. The summed E-state index contributed by atoms with van der Waals surface area (Å²) < 4.78 is 4.78. The van der Waals surface area contributed by atoms with Gasteiger partial charge in [-0.1, -0.05) is 37.6 Å². The predicted molar refractivity (Wildman–Crippen MR) is 95.7 cm³/mol. The van der Waals surface area contributed by atoms with Crippen molar-refractivity contribution in [3.8, 4) is 0 Å². The lowest BCUT2D eigenvalue weighted by Crippen LogP contribution is -2.44. The van der Waals surface area contributed by atoms with Crippen LogP contribution in [0.15, 0.2) is 24.3 Å². The van der Waals surface area contributed by atoms with Crippen LogP contribution < -0.4 is 16.0 Å². The zero-order valence-electron chi connectivity index (χ0n) is 14.8. The Kier molecular flexibility index (Phi) is 8.57. The molecular formula is C17H22ClN3O5. The van der Waals surface area contributed by atoms with Crippen molar-refractivity contribution in [3.05, 3.63) is 34.9 Å². The fraction of sp³-hybridized carbons (Fsp3) is 0.412. The van der Waals surface area contributed by atoms with Gasteiger partial charge >= 0.3 is 12.0 Å². The molecule has 0 radical (unpaired) electrons. The molecule has 0 unspecified atom stereocenters. The lowest BCUT2D eigenvalue weighted by Gasteiger charge is -2.14. The SMILES string of the molecule is CC(C)CNC(=O)NC(=O)COC(=O)[C@H](C)NC(=O)c1ccccc1Cl. The second kappa shape index (κ2) is 10.4. The Hall–Kier alpha value is -2.61. The van der Waals surface area contributed by atoms with Gasteiger partial charge in [-0.3, -0.25) is 14.9 Å². The van der Waals surface area contributed by atoms with Gasteiger partial charge in [0.15, 0.2) is 6.61 Å². The maximum absolute atomic E-state index is 12.1. The Balaban J connectivity index is 2.40. The molecule has 142 valence electrons. The van der Waals surface area contributed by atoms with Crippen LogP contribution in [0, 0.1) is 5.92 Å². The van der Waals surface area contributed by atoms with Crippen molar-refractivity contribution in [2.24, 2.45) is 5.92 Å². The number of halogens is 1. The van der Waals surface area contributed by atoms with Crippen LogP contribution in [0.4, 0.5) is 4.79 Å². The van der Waals surface area contributed by atoms with E-state index < -0.39 is 36.5 Å². The van der Waals surface area contributed by atoms with E-state index >= 15 is 0 Å². The molecule has 0 saturated heterocycles. The number of hydrogen-bond donors (Lipinski definition) is 3. The minimum absolute atomic E-state index is 0.216. The number of imide groups is 1. The van der Waals surface area contributed by atoms with Gasteiger partial charge in [0, 0.05) is 6.54 Å². The number of carbonyl (C=O) groups excluding carboxylic acids is 4. The standard InChI is InChI=1S/C17H22ClN3O5/c1-10(2)8-19-17(25)21-14(22)9-26-16(24)11(3)20-15(23)12-6-4-5-7-13(12)18/h4-7,10-11H,8-9H2,1-3H3,(H,20,23)(H2,19,21,22,25)/t11-/m0/s1. The number of nitrogens with one attached hydrogen (secondary N) is 3. The molecule has 0 spiro atoms. The highest BCUT2D eigenvalue weighted by atomic mass is 35.5. The van der Waals surface area contributed by atoms with Crippen molar-refractivity contribution in [1.29, 1.82) is 0 Å². The topological polar surface area (TPSA) is 114 Å². The van der Waals surface area contributed by atoms with Crippen LogP contribution in [-0.2, 0) is 14.3 Å². The van der Waals surface area contributed by atoms with Crippen LogP contribution in [-0.4, -0.2) is 43.0 Å². The summed E-state index contributed by atoms with van der Waals surface area (Å²) in [7, 11) is 0. The highest BCUT2D eigenvalue weighted by Gasteiger charge is 2.20. The molecule has 3 N–H and O–H groups in total. The van der Waals surface area contributed by atoms with E-state index in [1.807, 2.05) is 19.2 Å². The van der Waals surface area contributed by atoms with Gasteiger partial charge in [0.25, 0.3) is 11.8 Å². The smallest absolute Gasteiger partial charge is 0.328 e. The third-order valence-corrected chi connectivity index (χ3v) is 3.42. The summed E-state index contributed by atoms with van der Waals surface area (Å²) >= 11 is 5.91. The molecular weight excluding hydrogens is 362 g/mol. The molecule has 0 fully saturated rings. The molecule has 4 amide bonds. The molecule has 8 nitrogen and oxygen atoms in total. The molecule has 26 heavy (non-hydrogen) atoms. The number of amides is 4. The van der Waals surface area contributed by atoms with Crippen LogP contribution >= 0.6 is 11.6 Å². The molecule has 0 aromatic heterocycles. The first-order valence-corrected chi connectivity index (χ1v) is 8.38. The summed E-state index contributed by atoms with van der Waals surface area (Å²) in [5.41, 5.74) is 0.216. The summed E-state index contributed by atoms with van der Waals surface area (Å²) in [4.78, 5) is 46.9. The largest absolute Gasteiger partial charge is 0.454 e. The molecule has 0 bridgehead atoms. The number of urea groups is 1. The molecule has 1 atom stereocenters. The van der Waals surface area contributed by atoms with E-state index in [4.69, 9.17) is 16.3 Å². The maximum Gasteiger partial charge on any atom is 0.328 e. The first-order valence-electron chi connectivity index (χ1n) is 8.00. The predicted octanol–water partition coefficient (Wildman–Crippen LogP) is 1.48. The first-order chi connectivity index (χ1) is 12.2. The van der Waals surface area contributed by atoms with E-state index in [1.54, 1.807) is 18.2 Å². The minimum Gasteiger partial charge on any atom is -0.454 e. The summed E-state index contributed by atoms with van der Waals surface area (Å²) in [6, 6.07) is 4.71. The number of hydrogen-bond acceptors (Lipinski definition) is 5. The van der Waals surface area contributed by atoms with Gasteiger partial charge in [-0.2, -0.15) is 0 Å². The minimum atomic E-state index is -0.999. The number of rotatable bonds is 7. The molecule has 0 aliphatic carbocycles. The fourth-order valence-electron chi connectivity index (χ4n) is 1.74. The van der Waals surface area contributed by atoms with Crippen molar-refractivity contribution in [2.45, 2.75) is 26.8 Å². The van der Waals surface area contributed by atoms with E-state index in [0.717, 1.165) is 0 Å². The van der Waals surface area contributed by atoms with Gasteiger partial charge in [0.1, 0.15) is 6.04 Å². The zero-order chi connectivity index (χ0) is 19.7. The number of esters is 1. The van der Waals surface area contributed by atoms with Crippen LogP contribution in [0.25, 0.3) is 0 Å². The normalized spacial score (nSPS) is 11.4. The molecule has 1 aromatic carbocycles. The van der Waals surface area contributed by atoms with Crippen LogP contribution in [0.5, 0.6) is 0 Å². The maximum atomic E-state index is 12.1. The summed E-state index contributed by atoms with van der Waals surface area (Å²) in [5.74, 6) is -1.90. The quantitative estimate of drug-likeness (QED) is 0.617. The first kappa shape index (κ1) is 21.4. The molecule has 0 heterocycles. The van der Waals surface area contributed by atoms with Gasteiger partial charge in [0.2, 0.25) is 0 Å². The van der Waals surface area contributed by atoms with Crippen molar-refractivity contribution in [1.82, 2.24) is 16.0 Å². The number of benzene rings is 1. The summed E-state index contributed by atoms with van der Waals surface area (Å²) in [5, 5.41) is 7.20. The molecule has 1 aromatic rings. The van der Waals surface area contributed by atoms with Gasteiger partial charge < -0.3 is 15.4 Å².